The van der Waals surface area contributed by atoms with Crippen molar-refractivity contribution in [2.75, 3.05) is 38.1 Å². The van der Waals surface area contributed by atoms with Crippen molar-refractivity contribution in [1.29, 1.82) is 0 Å². The maximum atomic E-state index is 12.5. The van der Waals surface area contributed by atoms with E-state index in [2.05, 4.69) is 22.6 Å². The number of hydrogen-bond acceptors (Lipinski definition) is 5. The van der Waals surface area contributed by atoms with E-state index in [0.717, 1.165) is 36.3 Å². The number of anilines is 2. The second kappa shape index (κ2) is 6.76. The molecule has 0 atom stereocenters. The minimum absolute atomic E-state index is 0.111. The first-order valence-corrected chi connectivity index (χ1v) is 8.50. The molecule has 136 valence electrons. The van der Waals surface area contributed by atoms with Crippen LogP contribution in [0.2, 0.25) is 0 Å². The van der Waals surface area contributed by atoms with Gasteiger partial charge in [0.1, 0.15) is 0 Å². The summed E-state index contributed by atoms with van der Waals surface area (Å²) in [5.74, 6) is 1.78. The van der Waals surface area contributed by atoms with Crippen molar-refractivity contribution in [3.8, 4) is 17.2 Å². The predicted octanol–water partition coefficient (Wildman–Crippen LogP) is 3.06. The van der Waals surface area contributed by atoms with Crippen molar-refractivity contribution in [2.45, 2.75) is 13.0 Å². The molecule has 0 saturated heterocycles. The number of fused-ring (bicyclic) bond motifs is 2. The van der Waals surface area contributed by atoms with Crippen LogP contribution < -0.4 is 24.8 Å². The molecule has 7 nitrogen and oxygen atoms in total. The number of amides is 2. The molecular formula is C19H21N3O4. The molecule has 0 fully saturated rings. The Labute approximate surface area is 151 Å². The first kappa shape index (κ1) is 16.5. The predicted molar refractivity (Wildman–Crippen MR) is 98.2 cm³/mol. The number of nitrogens with one attached hydrogen (secondary N) is 2. The van der Waals surface area contributed by atoms with E-state index in [1.165, 1.54) is 0 Å². The van der Waals surface area contributed by atoms with Gasteiger partial charge in [0.25, 0.3) is 0 Å². The number of hydrogen-bond donors (Lipinski definition) is 2. The zero-order valence-electron chi connectivity index (χ0n) is 14.8. The Kier molecular flexibility index (Phi) is 4.30. The maximum Gasteiger partial charge on any atom is 0.323 e. The van der Waals surface area contributed by atoms with E-state index in [1.54, 1.807) is 7.11 Å². The summed E-state index contributed by atoms with van der Waals surface area (Å²) in [6.45, 7) is 1.73. The lowest BCUT2D eigenvalue weighted by molar-refractivity contribution is 0.171. The monoisotopic (exact) mass is 355 g/mol. The zero-order chi connectivity index (χ0) is 18.1. The number of likely N-dealkylation sites (N-methyl/N-ethyl adjacent to an activating group) is 1. The third kappa shape index (κ3) is 2.90. The van der Waals surface area contributed by atoms with Crippen LogP contribution in [0.15, 0.2) is 30.3 Å². The molecule has 0 spiro atoms. The molecule has 0 bridgehead atoms. The molecule has 2 aromatic rings. The highest BCUT2D eigenvalue weighted by atomic mass is 16.7. The number of methoxy groups -OCH3 is 1. The van der Waals surface area contributed by atoms with Gasteiger partial charge in [0.15, 0.2) is 11.5 Å². The van der Waals surface area contributed by atoms with E-state index < -0.39 is 0 Å². The maximum absolute atomic E-state index is 12.5. The molecule has 2 N–H and O–H groups in total. The number of ether oxygens (including phenoxy) is 3. The van der Waals surface area contributed by atoms with E-state index >= 15 is 0 Å². The standard InChI is InChI=1S/C19H21N3O4/c1-22-9-8-13-14(10-22)16(24-2)18-17(25-11-26-18)15(13)21-19(23)20-12-6-4-3-5-7-12/h3-7H,8-11H2,1-2H3,(H2,20,21,23). The van der Waals surface area contributed by atoms with Gasteiger partial charge in [-0.1, -0.05) is 18.2 Å². The fourth-order valence-corrected chi connectivity index (χ4v) is 3.44. The fourth-order valence-electron chi connectivity index (χ4n) is 3.44. The molecule has 0 radical (unpaired) electrons. The fraction of sp³-hybridized carbons (Fsp3) is 0.316. The molecule has 2 amide bonds. The average Bonchev–Trinajstić information content (AvgIpc) is 3.12. The van der Waals surface area contributed by atoms with Crippen LogP contribution in [0.25, 0.3) is 0 Å². The van der Waals surface area contributed by atoms with Crippen LogP contribution in [-0.2, 0) is 13.0 Å². The molecule has 26 heavy (non-hydrogen) atoms. The number of rotatable bonds is 3. The molecule has 0 unspecified atom stereocenters. The summed E-state index contributed by atoms with van der Waals surface area (Å²) < 4.78 is 16.9. The van der Waals surface area contributed by atoms with Gasteiger partial charge in [0.2, 0.25) is 12.5 Å². The molecule has 0 aromatic heterocycles. The number of nitrogens with zero attached hydrogens (tertiary/aromatic N) is 1. The molecular weight excluding hydrogens is 334 g/mol. The third-order valence-corrected chi connectivity index (χ3v) is 4.63. The van der Waals surface area contributed by atoms with Crippen molar-refractivity contribution < 1.29 is 19.0 Å². The van der Waals surface area contributed by atoms with Crippen LogP contribution in [0.4, 0.5) is 16.2 Å². The van der Waals surface area contributed by atoms with Gasteiger partial charge in [0.05, 0.1) is 12.8 Å². The lowest BCUT2D eigenvalue weighted by Crippen LogP contribution is -2.29. The minimum Gasteiger partial charge on any atom is -0.492 e. The number of benzene rings is 2. The van der Waals surface area contributed by atoms with Gasteiger partial charge >= 0.3 is 6.03 Å². The summed E-state index contributed by atoms with van der Waals surface area (Å²) in [7, 11) is 3.68. The normalized spacial score (nSPS) is 15.3. The molecule has 2 aromatic carbocycles. The largest absolute Gasteiger partial charge is 0.492 e. The molecule has 2 aliphatic heterocycles. The Hall–Kier alpha value is -2.93. The van der Waals surface area contributed by atoms with Crippen molar-refractivity contribution >= 4 is 17.4 Å². The van der Waals surface area contributed by atoms with E-state index in [9.17, 15) is 4.79 Å². The highest BCUT2D eigenvalue weighted by molar-refractivity contribution is 6.02. The van der Waals surface area contributed by atoms with E-state index in [1.807, 2.05) is 30.3 Å². The first-order valence-electron chi connectivity index (χ1n) is 8.50. The summed E-state index contributed by atoms with van der Waals surface area (Å²) in [5, 5.41) is 5.79. The van der Waals surface area contributed by atoms with Crippen molar-refractivity contribution in [2.24, 2.45) is 0 Å². The number of carbonyl (C=O) groups is 1. The Morgan fingerprint density at radius 3 is 2.65 bits per heavy atom. The Morgan fingerprint density at radius 2 is 1.88 bits per heavy atom. The molecule has 2 heterocycles. The Balaban J connectivity index is 1.70. The van der Waals surface area contributed by atoms with Crippen LogP contribution >= 0.6 is 0 Å². The van der Waals surface area contributed by atoms with Crippen molar-refractivity contribution in [3.63, 3.8) is 0 Å². The summed E-state index contributed by atoms with van der Waals surface area (Å²) in [6.07, 6.45) is 0.791. The van der Waals surface area contributed by atoms with Crippen molar-refractivity contribution in [3.05, 3.63) is 41.5 Å². The summed E-state index contributed by atoms with van der Waals surface area (Å²) in [4.78, 5) is 14.7. The second-order valence-corrected chi connectivity index (χ2v) is 6.36. The van der Waals surface area contributed by atoms with Gasteiger partial charge in [-0.15, -0.1) is 0 Å². The minimum atomic E-state index is -0.319. The van der Waals surface area contributed by atoms with Crippen LogP contribution in [0.1, 0.15) is 11.1 Å². The Morgan fingerprint density at radius 1 is 1.12 bits per heavy atom. The summed E-state index contributed by atoms with van der Waals surface area (Å²) in [5.41, 5.74) is 3.45. The lowest BCUT2D eigenvalue weighted by atomic mass is 9.95. The zero-order valence-corrected chi connectivity index (χ0v) is 14.8. The molecule has 7 heteroatoms. The van der Waals surface area contributed by atoms with E-state index in [-0.39, 0.29) is 12.8 Å². The quantitative estimate of drug-likeness (QED) is 0.885. The van der Waals surface area contributed by atoms with Gasteiger partial charge < -0.3 is 29.7 Å². The van der Waals surface area contributed by atoms with Crippen LogP contribution in [0.3, 0.4) is 0 Å². The molecule has 0 saturated carbocycles. The van der Waals surface area contributed by atoms with Crippen LogP contribution in [0.5, 0.6) is 17.2 Å². The van der Waals surface area contributed by atoms with Crippen molar-refractivity contribution in [1.82, 2.24) is 4.90 Å². The van der Waals surface area contributed by atoms with E-state index in [0.29, 0.717) is 22.9 Å². The lowest BCUT2D eigenvalue weighted by Gasteiger charge is -2.29. The summed E-state index contributed by atoms with van der Waals surface area (Å²) in [6, 6.07) is 8.99. The smallest absolute Gasteiger partial charge is 0.323 e. The van der Waals surface area contributed by atoms with E-state index in [4.69, 9.17) is 14.2 Å². The molecule has 2 aliphatic rings. The number of para-hydroxylation sites is 1. The van der Waals surface area contributed by atoms with Gasteiger partial charge in [-0.2, -0.15) is 0 Å². The topological polar surface area (TPSA) is 72.1 Å². The van der Waals surface area contributed by atoms with Crippen LogP contribution in [-0.4, -0.2) is 38.4 Å². The molecule has 0 aliphatic carbocycles. The third-order valence-electron chi connectivity index (χ3n) is 4.63. The van der Waals surface area contributed by atoms with Gasteiger partial charge in [-0.05, 0) is 31.2 Å². The average molecular weight is 355 g/mol. The van der Waals surface area contributed by atoms with Gasteiger partial charge in [-0.25, -0.2) is 4.79 Å². The number of carbonyl (C=O) groups excluding carboxylic acids is 1. The highest BCUT2D eigenvalue weighted by Gasteiger charge is 2.33. The molecule has 4 rings (SSSR count). The van der Waals surface area contributed by atoms with Crippen LogP contribution in [0, 0.1) is 0 Å². The highest BCUT2D eigenvalue weighted by Crippen LogP contribution is 2.52. The van der Waals surface area contributed by atoms with Gasteiger partial charge in [-0.3, -0.25) is 0 Å². The summed E-state index contributed by atoms with van der Waals surface area (Å²) >= 11 is 0. The second-order valence-electron chi connectivity index (χ2n) is 6.36. The number of urea groups is 1. The Bertz CT molecular complexity index is 839. The first-order chi connectivity index (χ1) is 12.7. The van der Waals surface area contributed by atoms with Gasteiger partial charge in [0, 0.05) is 24.3 Å². The SMILES string of the molecule is COc1c2c(c(NC(=O)Nc3ccccc3)c3c1OCO3)CCN(C)C2.